The van der Waals surface area contributed by atoms with E-state index in [0.29, 0.717) is 0 Å². The first kappa shape index (κ1) is 40.9. The van der Waals surface area contributed by atoms with Gasteiger partial charge in [-0.1, -0.05) is 61.9 Å². The standard InChI is InChI=1S/C13H9.C9H13.4CH3.2ClH.Hf.2Si/c1-2-6-12-10(4-1)8-9-11-5-3-7-13(11)12;1-2-3-6-9-7-4-5-8-9;;;;;;;;;/h1-9H;4-5,7-8H,2-3,6H2,1H3;4*1H3;2*1H;;;/q6*-1;;;;;/p-2. The van der Waals surface area contributed by atoms with E-state index in [-0.39, 0.29) is 74.7 Å². The molecule has 0 spiro atoms. The number of hydrogen-bond donors (Lipinski definition) is 0. The first-order chi connectivity index (χ1) is 12.3. The summed E-state index contributed by atoms with van der Waals surface area (Å²) < 4.78 is 0. The Kier molecular flexibility index (Phi) is 31.9. The number of benzene rings is 2. The van der Waals surface area contributed by atoms with Crippen molar-refractivity contribution in [2.75, 3.05) is 0 Å². The van der Waals surface area contributed by atoms with Gasteiger partial charge >= 0.3 is 34.0 Å². The number of aryl methyl sites for hydroxylation is 1. The number of hydrogen-bond acceptors (Lipinski definition) is 0. The summed E-state index contributed by atoms with van der Waals surface area (Å²) in [7, 11) is 0. The van der Waals surface area contributed by atoms with E-state index in [4.69, 9.17) is 0 Å². The largest absolute Gasteiger partial charge is 0.168 e. The number of halogens is 2. The van der Waals surface area contributed by atoms with Gasteiger partial charge in [0.05, 0.1) is 0 Å². The second-order valence-corrected chi connectivity index (χ2v) is 14.9. The molecule has 5 heteroatoms. The third-order valence-corrected chi connectivity index (χ3v) is 4.09. The van der Waals surface area contributed by atoms with Gasteiger partial charge in [-0.15, -0.1) is 22.9 Å². The van der Waals surface area contributed by atoms with Gasteiger partial charge < -0.3 is 54.5 Å². The maximum Gasteiger partial charge on any atom is -0.0370 e. The van der Waals surface area contributed by atoms with E-state index in [0.717, 1.165) is 0 Å². The van der Waals surface area contributed by atoms with Gasteiger partial charge in [0.15, 0.2) is 0 Å². The van der Waals surface area contributed by atoms with Crippen molar-refractivity contribution in [1.29, 1.82) is 0 Å². The van der Waals surface area contributed by atoms with Crippen LogP contribution in [0.3, 0.4) is 0 Å². The van der Waals surface area contributed by atoms with Crippen LogP contribution in [0.5, 0.6) is 0 Å². The van der Waals surface area contributed by atoms with Crippen LogP contribution in [0.15, 0.2) is 78.9 Å². The second kappa shape index (κ2) is 24.2. The fourth-order valence-corrected chi connectivity index (χ4v) is 2.85. The number of fused-ring (bicyclic) bond motifs is 3. The third kappa shape index (κ3) is 13.6. The Morgan fingerprint density at radius 1 is 0.806 bits per heavy atom. The van der Waals surface area contributed by atoms with Crippen molar-refractivity contribution < 1.29 is 45.0 Å². The molecule has 31 heavy (non-hydrogen) atoms. The average Bonchev–Trinajstić information content (AvgIpc) is 3.33. The molecule has 0 atom stereocenters. The van der Waals surface area contributed by atoms with E-state index in [1.54, 1.807) is 0 Å². The fraction of sp³-hybridized carbons (Fsp3) is 0.154. The van der Waals surface area contributed by atoms with Crippen LogP contribution in [0.2, 0.25) is 0 Å². The van der Waals surface area contributed by atoms with Crippen molar-refractivity contribution in [3.63, 3.8) is 0 Å². The molecule has 0 unspecified atom stereocenters. The van der Waals surface area contributed by atoms with Crippen LogP contribution in [-0.4, -0.2) is 13.9 Å². The molecule has 4 aromatic carbocycles. The normalized spacial score (nSPS) is 7.77. The van der Waals surface area contributed by atoms with Gasteiger partial charge in [0.2, 0.25) is 0 Å². The summed E-state index contributed by atoms with van der Waals surface area (Å²) in [5.41, 5.74) is 1.48. The molecule has 0 fully saturated rings. The first-order valence-corrected chi connectivity index (χ1v) is 20.4. The topological polar surface area (TPSA) is 0 Å². The molecule has 0 aromatic heterocycles. The Morgan fingerprint density at radius 2 is 1.45 bits per heavy atom. The molecule has 0 aliphatic rings. The molecule has 0 aliphatic heterocycles. The summed E-state index contributed by atoms with van der Waals surface area (Å²) in [5, 5.41) is 5.36. The quantitative estimate of drug-likeness (QED) is 0.233. The summed E-state index contributed by atoms with van der Waals surface area (Å²) >= 11 is -0.306. The zero-order valence-corrected chi connectivity index (χ0v) is 26.5. The monoisotopic (exact) mass is 652 g/mol. The molecule has 4 radical (unpaired) electrons. The second-order valence-electron chi connectivity index (χ2n) is 5.84. The maximum atomic E-state index is 3.29. The van der Waals surface area contributed by atoms with Crippen LogP contribution in [0, 0.1) is 29.7 Å². The van der Waals surface area contributed by atoms with Crippen molar-refractivity contribution in [3.8, 4) is 0 Å². The van der Waals surface area contributed by atoms with Gasteiger partial charge in [-0.25, -0.2) is 6.07 Å². The van der Waals surface area contributed by atoms with E-state index in [1.807, 2.05) is 0 Å². The van der Waals surface area contributed by atoms with E-state index < -0.39 is 0 Å². The molecule has 0 amide bonds. The van der Waals surface area contributed by atoms with Gasteiger partial charge in [-0.05, 0) is 5.39 Å². The van der Waals surface area contributed by atoms with Crippen molar-refractivity contribution in [2.24, 2.45) is 0 Å². The molecule has 0 saturated carbocycles. The van der Waals surface area contributed by atoms with Gasteiger partial charge in [0.1, 0.15) is 0 Å². The molecule has 0 bridgehead atoms. The Morgan fingerprint density at radius 3 is 2.03 bits per heavy atom. The molecule has 4 rings (SSSR count). The van der Waals surface area contributed by atoms with Gasteiger partial charge in [0, 0.05) is 0 Å². The number of rotatable bonds is 3. The fourth-order valence-electron chi connectivity index (χ4n) is 2.85. The first-order valence-electron chi connectivity index (χ1n) is 8.62. The molecule has 0 aliphatic carbocycles. The van der Waals surface area contributed by atoms with Crippen LogP contribution in [-0.2, 0) is 26.6 Å². The van der Waals surface area contributed by atoms with Gasteiger partial charge in [-0.3, -0.25) is 0 Å². The Hall–Kier alpha value is -0.456. The molecule has 0 N–H and O–H groups in total. The predicted molar refractivity (Wildman–Crippen MR) is 135 cm³/mol. The van der Waals surface area contributed by atoms with Crippen molar-refractivity contribution in [2.45, 2.75) is 26.2 Å². The Bertz CT molecular complexity index is 925. The molecular formula is C26H34Cl2HfSi2-8. The van der Waals surface area contributed by atoms with Gasteiger partial charge in [0.25, 0.3) is 0 Å². The zero-order chi connectivity index (χ0) is 17.9. The zero-order valence-electron chi connectivity index (χ0n) is 19.4. The molecule has 172 valence electrons. The van der Waals surface area contributed by atoms with E-state index in [2.05, 4.69) is 99.7 Å². The Labute approximate surface area is 219 Å². The average molecular weight is 652 g/mol. The summed E-state index contributed by atoms with van der Waals surface area (Å²) in [4.78, 5) is 0. The molecular weight excluding hydrogens is 618 g/mol. The molecule has 0 heterocycles. The van der Waals surface area contributed by atoms with Crippen LogP contribution < -0.4 is 24.8 Å². The summed E-state index contributed by atoms with van der Waals surface area (Å²) in [6.45, 7) is 8.81. The smallest absolute Gasteiger partial charge is 0.0370 e. The van der Waals surface area contributed by atoms with E-state index in [9.17, 15) is 0 Å². The number of unbranched alkanes of at least 4 members (excludes halogenated alkanes) is 1. The maximum absolute atomic E-state index is 3.29. The van der Waals surface area contributed by atoms with E-state index in [1.165, 1.54) is 46.4 Å². The summed E-state index contributed by atoms with van der Waals surface area (Å²) in [6.07, 6.45) is 3.87. The predicted octanol–water partition coefficient (Wildman–Crippen LogP) is 1.51. The molecule has 0 saturated heterocycles. The minimum atomic E-state index is -0.306. The van der Waals surface area contributed by atoms with Crippen LogP contribution in [0.4, 0.5) is 0 Å². The van der Waals surface area contributed by atoms with Gasteiger partial charge in [-0.2, -0.15) is 35.9 Å². The minimum absolute atomic E-state index is 0. The minimum Gasteiger partial charge on any atom is -0.168 e. The summed E-state index contributed by atoms with van der Waals surface area (Å²) in [5.74, 6) is 0. The van der Waals surface area contributed by atoms with E-state index >= 15 is 0 Å². The third-order valence-electron chi connectivity index (χ3n) is 4.09. The SMILES string of the molecule is CCCCc1cc[cH-]c1.[CH3-].[CH3-].[CH3-].[CH3-].[Cl-].[Cl-].[Si]=[Hf]=[Si].c1ccc2c(c1)ccc1[cH-]ccc12. The van der Waals surface area contributed by atoms with Crippen molar-refractivity contribution in [3.05, 3.63) is 114 Å². The van der Waals surface area contributed by atoms with Crippen LogP contribution in [0.1, 0.15) is 25.3 Å². The molecule has 4 aromatic rings. The van der Waals surface area contributed by atoms with Crippen molar-refractivity contribution in [1.82, 2.24) is 0 Å². The van der Waals surface area contributed by atoms with Crippen LogP contribution in [0.25, 0.3) is 21.5 Å². The Balaban J connectivity index is -0.000000114. The van der Waals surface area contributed by atoms with Crippen LogP contribution >= 0.6 is 0 Å². The molecule has 0 nitrogen and oxygen atoms in total. The van der Waals surface area contributed by atoms with Crippen molar-refractivity contribution >= 4 is 35.4 Å². The summed E-state index contributed by atoms with van der Waals surface area (Å²) in [6, 6.07) is 27.9.